The molecule has 1 unspecified atom stereocenters. The first kappa shape index (κ1) is 15.4. The van der Waals surface area contributed by atoms with E-state index in [9.17, 15) is 8.78 Å². The fourth-order valence-corrected chi connectivity index (χ4v) is 2.40. The molecule has 4 heteroatoms. The highest BCUT2D eigenvalue weighted by atomic mass is 19.1. The largest absolute Gasteiger partial charge is 0.370 e. The number of nitrogens with two attached hydrogens (primary N) is 1. The summed E-state index contributed by atoms with van der Waals surface area (Å²) < 4.78 is 27.2. The zero-order chi connectivity index (χ0) is 15.4. The van der Waals surface area contributed by atoms with Crippen molar-refractivity contribution >= 4 is 5.69 Å². The molecular formula is C17H20F2N2. The van der Waals surface area contributed by atoms with E-state index in [-0.39, 0.29) is 17.7 Å². The number of nitrogens with zero attached hydrogens (tertiary/aromatic N) is 1. The maximum Gasteiger partial charge on any atom is 0.128 e. The van der Waals surface area contributed by atoms with E-state index in [2.05, 4.69) is 0 Å². The zero-order valence-corrected chi connectivity index (χ0v) is 12.3. The fraction of sp³-hybridized carbons (Fsp3) is 0.294. The molecule has 0 aliphatic heterocycles. The molecule has 0 bridgehead atoms. The summed E-state index contributed by atoms with van der Waals surface area (Å²) in [4.78, 5) is 1.91. The molecule has 1 atom stereocenters. The Morgan fingerprint density at radius 2 is 1.81 bits per heavy atom. The third-order valence-electron chi connectivity index (χ3n) is 3.36. The van der Waals surface area contributed by atoms with Crippen molar-refractivity contribution in [3.8, 4) is 0 Å². The van der Waals surface area contributed by atoms with Crippen LogP contribution in [0.25, 0.3) is 0 Å². The number of hydrogen-bond donors (Lipinski definition) is 1. The highest BCUT2D eigenvalue weighted by Crippen LogP contribution is 2.24. The first-order valence-electron chi connectivity index (χ1n) is 6.96. The summed E-state index contributed by atoms with van der Waals surface area (Å²) in [5, 5.41) is 0. The van der Waals surface area contributed by atoms with Crippen molar-refractivity contribution in [2.75, 3.05) is 11.9 Å². The summed E-state index contributed by atoms with van der Waals surface area (Å²) in [5.74, 6) is -0.520. The van der Waals surface area contributed by atoms with Crippen LogP contribution < -0.4 is 10.6 Å². The molecule has 21 heavy (non-hydrogen) atoms. The summed E-state index contributed by atoms with van der Waals surface area (Å²) in [6.45, 7) is 2.30. The summed E-state index contributed by atoms with van der Waals surface area (Å²) in [5.41, 5.74) is 8.14. The van der Waals surface area contributed by atoms with Gasteiger partial charge in [0.05, 0.1) is 0 Å². The molecule has 0 fully saturated rings. The van der Waals surface area contributed by atoms with E-state index >= 15 is 0 Å². The number of halogens is 2. The van der Waals surface area contributed by atoms with Gasteiger partial charge in [0.1, 0.15) is 11.6 Å². The fourth-order valence-electron chi connectivity index (χ4n) is 2.40. The van der Waals surface area contributed by atoms with E-state index in [1.54, 1.807) is 24.3 Å². The second-order valence-electron chi connectivity index (χ2n) is 5.40. The number of rotatable bonds is 5. The Bertz CT molecular complexity index is 611. The van der Waals surface area contributed by atoms with Crippen molar-refractivity contribution in [2.24, 2.45) is 5.73 Å². The predicted molar refractivity (Wildman–Crippen MR) is 82.3 cm³/mol. The molecule has 2 aromatic rings. The van der Waals surface area contributed by atoms with E-state index in [4.69, 9.17) is 5.73 Å². The van der Waals surface area contributed by atoms with Gasteiger partial charge in [-0.1, -0.05) is 18.2 Å². The van der Waals surface area contributed by atoms with Gasteiger partial charge in [-0.2, -0.15) is 0 Å². The Morgan fingerprint density at radius 3 is 2.48 bits per heavy atom. The van der Waals surface area contributed by atoms with Crippen molar-refractivity contribution in [1.82, 2.24) is 0 Å². The van der Waals surface area contributed by atoms with Gasteiger partial charge in [-0.15, -0.1) is 0 Å². The third kappa shape index (κ3) is 4.02. The summed E-state index contributed by atoms with van der Waals surface area (Å²) in [7, 11) is 1.87. The second kappa shape index (κ2) is 6.68. The second-order valence-corrected chi connectivity index (χ2v) is 5.40. The van der Waals surface area contributed by atoms with Crippen molar-refractivity contribution in [3.05, 3.63) is 65.2 Å². The lowest BCUT2D eigenvalue weighted by molar-refractivity contribution is 0.606. The van der Waals surface area contributed by atoms with Crippen LogP contribution in [0.15, 0.2) is 42.5 Å². The topological polar surface area (TPSA) is 29.3 Å². The standard InChI is InChI=1S/C17H20F2N2/c1-12(20)9-14-10-15(18)7-8-17(14)21(2)11-13-5-3-4-6-16(13)19/h3-8,10,12H,9,11,20H2,1-2H3. The summed E-state index contributed by atoms with van der Waals surface area (Å²) >= 11 is 0. The molecule has 2 rings (SSSR count). The first-order chi connectivity index (χ1) is 9.97. The van der Waals surface area contributed by atoms with Crippen LogP contribution in [0.1, 0.15) is 18.1 Å². The Morgan fingerprint density at radius 1 is 1.10 bits per heavy atom. The van der Waals surface area contributed by atoms with Gasteiger partial charge in [0.15, 0.2) is 0 Å². The third-order valence-corrected chi connectivity index (χ3v) is 3.36. The summed E-state index contributed by atoms with van der Waals surface area (Å²) in [6, 6.07) is 11.2. The molecule has 2 nitrogen and oxygen atoms in total. The predicted octanol–water partition coefficient (Wildman–Crippen LogP) is 3.49. The van der Waals surface area contributed by atoms with Crippen LogP contribution in [0.4, 0.5) is 14.5 Å². The Labute approximate surface area is 124 Å². The van der Waals surface area contributed by atoms with Gasteiger partial charge < -0.3 is 10.6 Å². The van der Waals surface area contributed by atoms with Crippen LogP contribution >= 0.6 is 0 Å². The number of anilines is 1. The Kier molecular flexibility index (Phi) is 4.91. The number of hydrogen-bond acceptors (Lipinski definition) is 2. The SMILES string of the molecule is CC(N)Cc1cc(F)ccc1N(C)Cc1ccccc1F. The first-order valence-corrected chi connectivity index (χ1v) is 6.96. The van der Waals surface area contributed by atoms with E-state index in [0.717, 1.165) is 11.3 Å². The minimum Gasteiger partial charge on any atom is -0.370 e. The average molecular weight is 290 g/mol. The Hall–Kier alpha value is -1.94. The van der Waals surface area contributed by atoms with Crippen LogP contribution in [-0.4, -0.2) is 13.1 Å². The molecule has 0 saturated heterocycles. The van der Waals surface area contributed by atoms with Crippen molar-refractivity contribution < 1.29 is 8.78 Å². The quantitative estimate of drug-likeness (QED) is 0.913. The molecule has 0 radical (unpaired) electrons. The molecule has 0 saturated carbocycles. The normalized spacial score (nSPS) is 12.2. The van der Waals surface area contributed by atoms with Gasteiger partial charge in [-0.3, -0.25) is 0 Å². The van der Waals surface area contributed by atoms with E-state index in [1.807, 2.05) is 18.9 Å². The molecule has 2 N–H and O–H groups in total. The maximum atomic E-state index is 13.7. The zero-order valence-electron chi connectivity index (χ0n) is 12.3. The van der Waals surface area contributed by atoms with Crippen molar-refractivity contribution in [1.29, 1.82) is 0 Å². The Balaban J connectivity index is 2.26. The van der Waals surface area contributed by atoms with Crippen molar-refractivity contribution in [3.63, 3.8) is 0 Å². The number of benzene rings is 2. The van der Waals surface area contributed by atoms with E-state index in [0.29, 0.717) is 18.5 Å². The molecule has 0 spiro atoms. The van der Waals surface area contributed by atoms with Crippen LogP contribution in [0, 0.1) is 11.6 Å². The smallest absolute Gasteiger partial charge is 0.128 e. The lowest BCUT2D eigenvalue weighted by Gasteiger charge is -2.23. The highest BCUT2D eigenvalue weighted by Gasteiger charge is 2.12. The lowest BCUT2D eigenvalue weighted by Crippen LogP contribution is -2.23. The van der Waals surface area contributed by atoms with Crippen LogP contribution in [-0.2, 0) is 13.0 Å². The molecule has 112 valence electrons. The minimum absolute atomic E-state index is 0.0626. The minimum atomic E-state index is -0.284. The van der Waals surface area contributed by atoms with Gasteiger partial charge in [-0.05, 0) is 43.2 Å². The molecule has 0 heterocycles. The van der Waals surface area contributed by atoms with E-state index in [1.165, 1.54) is 18.2 Å². The van der Waals surface area contributed by atoms with Crippen LogP contribution in [0.2, 0.25) is 0 Å². The van der Waals surface area contributed by atoms with Crippen LogP contribution in [0.3, 0.4) is 0 Å². The van der Waals surface area contributed by atoms with Gasteiger partial charge in [0, 0.05) is 30.9 Å². The monoisotopic (exact) mass is 290 g/mol. The molecule has 0 aliphatic carbocycles. The molecule has 2 aromatic carbocycles. The van der Waals surface area contributed by atoms with Gasteiger partial charge in [0.25, 0.3) is 0 Å². The molecule has 0 aromatic heterocycles. The maximum absolute atomic E-state index is 13.7. The van der Waals surface area contributed by atoms with Gasteiger partial charge >= 0.3 is 0 Å². The summed E-state index contributed by atoms with van der Waals surface area (Å²) in [6.07, 6.45) is 0.578. The van der Waals surface area contributed by atoms with Gasteiger partial charge in [-0.25, -0.2) is 8.78 Å². The molecular weight excluding hydrogens is 270 g/mol. The van der Waals surface area contributed by atoms with Crippen molar-refractivity contribution in [2.45, 2.75) is 25.9 Å². The highest BCUT2D eigenvalue weighted by molar-refractivity contribution is 5.54. The van der Waals surface area contributed by atoms with E-state index < -0.39 is 0 Å². The van der Waals surface area contributed by atoms with Crippen LogP contribution in [0.5, 0.6) is 0 Å². The lowest BCUT2D eigenvalue weighted by atomic mass is 10.0. The average Bonchev–Trinajstić information content (AvgIpc) is 2.40. The van der Waals surface area contributed by atoms with Gasteiger partial charge in [0.2, 0.25) is 0 Å². The molecule has 0 amide bonds. The molecule has 0 aliphatic rings.